The summed E-state index contributed by atoms with van der Waals surface area (Å²) in [5.41, 5.74) is 1.92. The minimum Gasteiger partial charge on any atom is -0.309 e. The zero-order valence-electron chi connectivity index (χ0n) is 11.6. The first kappa shape index (κ1) is 14.6. The normalized spacial score (nSPS) is 12.5. The highest BCUT2D eigenvalue weighted by Gasteiger charge is 2.23. The molecule has 0 fully saturated rings. The van der Waals surface area contributed by atoms with Gasteiger partial charge in [-0.05, 0) is 44.2 Å². The Hall–Kier alpha value is -1.81. The number of hydrogen-bond acceptors (Lipinski definition) is 1. The van der Waals surface area contributed by atoms with E-state index in [-0.39, 0.29) is 5.56 Å². The molecule has 4 heteroatoms. The Morgan fingerprint density at radius 1 is 1.00 bits per heavy atom. The minimum atomic E-state index is -0.953. The van der Waals surface area contributed by atoms with Crippen LogP contribution in [0.5, 0.6) is 0 Å². The molecule has 0 spiro atoms. The fourth-order valence-electron chi connectivity index (χ4n) is 2.49. The Labute approximate surface area is 116 Å². The molecule has 106 valence electrons. The SMILES string of the molecule is CNC(c1cccc(F)c1F)c1c(C)cc(C)cc1F. The Morgan fingerprint density at radius 2 is 1.70 bits per heavy atom. The van der Waals surface area contributed by atoms with Crippen molar-refractivity contribution in [3.8, 4) is 0 Å². The number of hydrogen-bond donors (Lipinski definition) is 1. The third-order valence-corrected chi connectivity index (χ3v) is 3.35. The van der Waals surface area contributed by atoms with Crippen LogP contribution in [0.2, 0.25) is 0 Å². The van der Waals surface area contributed by atoms with E-state index in [4.69, 9.17) is 0 Å². The monoisotopic (exact) mass is 279 g/mol. The lowest BCUT2D eigenvalue weighted by Gasteiger charge is -2.21. The van der Waals surface area contributed by atoms with Gasteiger partial charge in [0.05, 0.1) is 6.04 Å². The van der Waals surface area contributed by atoms with Gasteiger partial charge in [0, 0.05) is 11.1 Å². The van der Waals surface area contributed by atoms with Crippen molar-refractivity contribution >= 4 is 0 Å². The van der Waals surface area contributed by atoms with Gasteiger partial charge in [-0.2, -0.15) is 0 Å². The van der Waals surface area contributed by atoms with E-state index in [0.717, 1.165) is 11.6 Å². The number of benzene rings is 2. The fourth-order valence-corrected chi connectivity index (χ4v) is 2.49. The molecular weight excluding hydrogens is 263 g/mol. The molecule has 0 aliphatic carbocycles. The lowest BCUT2D eigenvalue weighted by atomic mass is 9.93. The maximum atomic E-state index is 14.2. The number of aryl methyl sites for hydroxylation is 2. The Balaban J connectivity index is 2.62. The summed E-state index contributed by atoms with van der Waals surface area (Å²) in [6.45, 7) is 3.55. The molecule has 1 nitrogen and oxygen atoms in total. The predicted molar refractivity (Wildman–Crippen MR) is 73.1 cm³/mol. The van der Waals surface area contributed by atoms with E-state index >= 15 is 0 Å². The van der Waals surface area contributed by atoms with Gasteiger partial charge in [0.25, 0.3) is 0 Å². The summed E-state index contributed by atoms with van der Waals surface area (Å²) in [5, 5.41) is 2.86. The van der Waals surface area contributed by atoms with E-state index in [2.05, 4.69) is 5.32 Å². The number of halogens is 3. The maximum Gasteiger partial charge on any atom is 0.163 e. The summed E-state index contributed by atoms with van der Waals surface area (Å²) in [6, 6.07) is 6.40. The largest absolute Gasteiger partial charge is 0.309 e. The molecule has 1 atom stereocenters. The van der Waals surface area contributed by atoms with Crippen molar-refractivity contribution < 1.29 is 13.2 Å². The Morgan fingerprint density at radius 3 is 2.30 bits per heavy atom. The minimum absolute atomic E-state index is 0.0957. The average molecular weight is 279 g/mol. The first-order valence-electron chi connectivity index (χ1n) is 6.33. The molecule has 0 bridgehead atoms. The van der Waals surface area contributed by atoms with Gasteiger partial charge in [-0.15, -0.1) is 0 Å². The fraction of sp³-hybridized carbons (Fsp3) is 0.250. The van der Waals surface area contributed by atoms with Gasteiger partial charge in [0.15, 0.2) is 11.6 Å². The van der Waals surface area contributed by atoms with E-state index in [0.29, 0.717) is 11.1 Å². The summed E-state index contributed by atoms with van der Waals surface area (Å²) in [4.78, 5) is 0. The van der Waals surface area contributed by atoms with Crippen LogP contribution < -0.4 is 5.32 Å². The van der Waals surface area contributed by atoms with Crippen molar-refractivity contribution in [1.82, 2.24) is 5.32 Å². The van der Waals surface area contributed by atoms with Gasteiger partial charge in [0.2, 0.25) is 0 Å². The number of nitrogens with one attached hydrogen (secondary N) is 1. The van der Waals surface area contributed by atoms with Crippen LogP contribution in [0.1, 0.15) is 28.3 Å². The third-order valence-electron chi connectivity index (χ3n) is 3.35. The molecule has 0 aromatic heterocycles. The predicted octanol–water partition coefficient (Wildman–Crippen LogP) is 4.03. The van der Waals surface area contributed by atoms with E-state index in [9.17, 15) is 13.2 Å². The molecule has 0 saturated carbocycles. The van der Waals surface area contributed by atoms with Gasteiger partial charge in [0.1, 0.15) is 5.82 Å². The molecule has 2 rings (SSSR count). The molecule has 20 heavy (non-hydrogen) atoms. The van der Waals surface area contributed by atoms with Gasteiger partial charge in [-0.1, -0.05) is 18.2 Å². The van der Waals surface area contributed by atoms with Crippen molar-refractivity contribution in [3.05, 3.63) is 70.0 Å². The zero-order valence-corrected chi connectivity index (χ0v) is 11.6. The molecule has 0 aliphatic heterocycles. The maximum absolute atomic E-state index is 14.2. The van der Waals surface area contributed by atoms with Crippen LogP contribution in [0.4, 0.5) is 13.2 Å². The highest BCUT2D eigenvalue weighted by atomic mass is 19.2. The van der Waals surface area contributed by atoms with Crippen LogP contribution >= 0.6 is 0 Å². The van der Waals surface area contributed by atoms with E-state index in [1.807, 2.05) is 6.07 Å². The quantitative estimate of drug-likeness (QED) is 0.894. The van der Waals surface area contributed by atoms with Crippen molar-refractivity contribution in [2.24, 2.45) is 0 Å². The second-order valence-corrected chi connectivity index (χ2v) is 4.84. The molecule has 2 aromatic rings. The molecule has 0 heterocycles. The van der Waals surface area contributed by atoms with Crippen LogP contribution in [-0.4, -0.2) is 7.05 Å². The summed E-state index contributed by atoms with van der Waals surface area (Å²) >= 11 is 0. The van der Waals surface area contributed by atoms with Crippen molar-refractivity contribution in [1.29, 1.82) is 0 Å². The van der Waals surface area contributed by atoms with Crippen LogP contribution in [-0.2, 0) is 0 Å². The topological polar surface area (TPSA) is 12.0 Å². The van der Waals surface area contributed by atoms with Crippen LogP contribution in [0.15, 0.2) is 30.3 Å². The molecule has 1 N–H and O–H groups in total. The lowest BCUT2D eigenvalue weighted by molar-refractivity contribution is 0.482. The smallest absolute Gasteiger partial charge is 0.163 e. The summed E-state index contributed by atoms with van der Waals surface area (Å²) in [7, 11) is 1.59. The second-order valence-electron chi connectivity index (χ2n) is 4.84. The lowest BCUT2D eigenvalue weighted by Crippen LogP contribution is -2.22. The van der Waals surface area contributed by atoms with Crippen LogP contribution in [0.25, 0.3) is 0 Å². The first-order chi connectivity index (χ1) is 9.45. The average Bonchev–Trinajstić information content (AvgIpc) is 2.37. The number of rotatable bonds is 3. The Bertz CT molecular complexity index is 615. The summed E-state index contributed by atoms with van der Waals surface area (Å²) < 4.78 is 41.5. The molecule has 0 amide bonds. The van der Waals surface area contributed by atoms with E-state index < -0.39 is 23.5 Å². The third kappa shape index (κ3) is 2.56. The second kappa shape index (κ2) is 5.67. The summed E-state index contributed by atoms with van der Waals surface area (Å²) in [5.74, 6) is -2.32. The highest BCUT2D eigenvalue weighted by Crippen LogP contribution is 2.30. The molecule has 0 saturated heterocycles. The molecular formula is C16H16F3N. The van der Waals surface area contributed by atoms with Gasteiger partial charge in [-0.25, -0.2) is 13.2 Å². The van der Waals surface area contributed by atoms with Crippen LogP contribution in [0, 0.1) is 31.3 Å². The molecule has 0 radical (unpaired) electrons. The standard InChI is InChI=1S/C16H16F3N/c1-9-7-10(2)14(13(18)8-9)16(20-3)11-5-4-6-12(17)15(11)19/h4-8,16,20H,1-3H3. The van der Waals surface area contributed by atoms with Gasteiger partial charge >= 0.3 is 0 Å². The van der Waals surface area contributed by atoms with Crippen molar-refractivity contribution in [2.45, 2.75) is 19.9 Å². The van der Waals surface area contributed by atoms with Gasteiger partial charge < -0.3 is 5.32 Å². The van der Waals surface area contributed by atoms with E-state index in [1.54, 1.807) is 20.9 Å². The zero-order chi connectivity index (χ0) is 14.9. The first-order valence-corrected chi connectivity index (χ1v) is 6.33. The molecule has 2 aromatic carbocycles. The Kier molecular flexibility index (Phi) is 4.14. The molecule has 1 unspecified atom stereocenters. The summed E-state index contributed by atoms with van der Waals surface area (Å²) in [6.07, 6.45) is 0. The van der Waals surface area contributed by atoms with Crippen LogP contribution in [0.3, 0.4) is 0 Å². The van der Waals surface area contributed by atoms with Crippen molar-refractivity contribution in [2.75, 3.05) is 7.05 Å². The van der Waals surface area contributed by atoms with Crippen molar-refractivity contribution in [3.63, 3.8) is 0 Å². The van der Waals surface area contributed by atoms with Gasteiger partial charge in [-0.3, -0.25) is 0 Å². The highest BCUT2D eigenvalue weighted by molar-refractivity contribution is 5.40. The van der Waals surface area contributed by atoms with E-state index in [1.165, 1.54) is 18.2 Å². The molecule has 0 aliphatic rings.